The lowest BCUT2D eigenvalue weighted by atomic mass is 9.84. The Morgan fingerprint density at radius 3 is 2.39 bits per heavy atom. The molecule has 31 heavy (non-hydrogen) atoms. The van der Waals surface area contributed by atoms with Gasteiger partial charge in [-0.1, -0.05) is 48.5 Å². The third-order valence-electron chi connectivity index (χ3n) is 5.09. The molecule has 0 aliphatic heterocycles. The van der Waals surface area contributed by atoms with Crippen LogP contribution in [-0.4, -0.2) is 25.7 Å². The van der Waals surface area contributed by atoms with Crippen molar-refractivity contribution in [2.75, 3.05) is 5.32 Å². The maximum atomic E-state index is 13.5. The minimum Gasteiger partial charge on any atom is -0.350 e. The third-order valence-corrected chi connectivity index (χ3v) is 5.09. The maximum Gasteiger partial charge on any atom is 0.260 e. The van der Waals surface area contributed by atoms with Crippen molar-refractivity contribution in [3.8, 4) is 11.5 Å². The van der Waals surface area contributed by atoms with Gasteiger partial charge in [-0.25, -0.2) is 4.39 Å². The quantitative estimate of drug-likeness (QED) is 0.494. The number of aromatic nitrogens is 4. The predicted molar refractivity (Wildman–Crippen MR) is 117 cm³/mol. The molecule has 156 valence electrons. The lowest BCUT2D eigenvalue weighted by Gasteiger charge is -2.23. The average molecular weight is 415 g/mol. The standard InChI is InChI=1S/C24H22FN5O/c1-24(2,18-8-4-3-5-9-18)22(31)30-23(27-16-17-11-13-19(25)14-12-17)28-21(29-30)20-10-6-7-15-26-20/h3-15H,16H2,1-2H3,(H,27,28,29). The highest BCUT2D eigenvalue weighted by Gasteiger charge is 2.34. The molecule has 6 nitrogen and oxygen atoms in total. The summed E-state index contributed by atoms with van der Waals surface area (Å²) in [4.78, 5) is 22.4. The zero-order valence-electron chi connectivity index (χ0n) is 17.3. The second-order valence-corrected chi connectivity index (χ2v) is 7.66. The van der Waals surface area contributed by atoms with E-state index in [0.29, 0.717) is 24.0 Å². The smallest absolute Gasteiger partial charge is 0.260 e. The van der Waals surface area contributed by atoms with E-state index in [1.54, 1.807) is 30.5 Å². The van der Waals surface area contributed by atoms with Gasteiger partial charge in [0.2, 0.25) is 11.8 Å². The first-order valence-electron chi connectivity index (χ1n) is 9.92. The van der Waals surface area contributed by atoms with Crippen LogP contribution in [0.4, 0.5) is 10.3 Å². The Hall–Kier alpha value is -3.87. The van der Waals surface area contributed by atoms with Crippen molar-refractivity contribution in [3.05, 3.63) is 95.9 Å². The Labute approximate surface area is 179 Å². The Morgan fingerprint density at radius 1 is 1.00 bits per heavy atom. The second-order valence-electron chi connectivity index (χ2n) is 7.66. The molecule has 0 saturated carbocycles. The van der Waals surface area contributed by atoms with Crippen molar-refractivity contribution in [2.24, 2.45) is 0 Å². The molecular weight excluding hydrogens is 393 g/mol. The molecule has 0 radical (unpaired) electrons. The highest BCUT2D eigenvalue weighted by atomic mass is 19.1. The van der Waals surface area contributed by atoms with Crippen LogP contribution in [0, 0.1) is 5.82 Å². The molecule has 0 saturated heterocycles. The molecule has 0 atom stereocenters. The van der Waals surface area contributed by atoms with E-state index in [1.165, 1.54) is 16.8 Å². The fourth-order valence-corrected chi connectivity index (χ4v) is 3.20. The minimum atomic E-state index is -0.831. The molecule has 4 rings (SSSR count). The number of benzene rings is 2. The van der Waals surface area contributed by atoms with E-state index in [-0.39, 0.29) is 11.7 Å². The van der Waals surface area contributed by atoms with Crippen molar-refractivity contribution in [1.29, 1.82) is 0 Å². The van der Waals surface area contributed by atoms with Gasteiger partial charge in [-0.3, -0.25) is 9.78 Å². The van der Waals surface area contributed by atoms with Gasteiger partial charge in [0.15, 0.2) is 0 Å². The van der Waals surface area contributed by atoms with E-state index in [0.717, 1.165) is 11.1 Å². The molecule has 0 spiro atoms. The first kappa shape index (κ1) is 20.4. The summed E-state index contributed by atoms with van der Waals surface area (Å²) in [6, 6.07) is 21.1. The van der Waals surface area contributed by atoms with E-state index in [9.17, 15) is 9.18 Å². The molecule has 2 aromatic heterocycles. The number of nitrogens with one attached hydrogen (secondary N) is 1. The summed E-state index contributed by atoms with van der Waals surface area (Å²) in [6.45, 7) is 4.08. The van der Waals surface area contributed by atoms with Crippen LogP contribution in [0.15, 0.2) is 79.0 Å². The number of rotatable bonds is 6. The number of anilines is 1. The van der Waals surface area contributed by atoms with Crippen LogP contribution in [0.25, 0.3) is 11.5 Å². The first-order chi connectivity index (χ1) is 14.9. The van der Waals surface area contributed by atoms with E-state index >= 15 is 0 Å². The predicted octanol–water partition coefficient (Wildman–Crippen LogP) is 4.71. The third kappa shape index (κ3) is 4.35. The van der Waals surface area contributed by atoms with Gasteiger partial charge in [0.25, 0.3) is 5.91 Å². The Kier molecular flexibility index (Phi) is 5.58. The van der Waals surface area contributed by atoms with E-state index in [4.69, 9.17) is 0 Å². The summed E-state index contributed by atoms with van der Waals surface area (Å²) < 4.78 is 14.5. The van der Waals surface area contributed by atoms with Crippen LogP contribution in [0.2, 0.25) is 0 Å². The van der Waals surface area contributed by atoms with Gasteiger partial charge in [-0.15, -0.1) is 5.10 Å². The summed E-state index contributed by atoms with van der Waals surface area (Å²) >= 11 is 0. The number of halogens is 1. The number of hydrogen-bond acceptors (Lipinski definition) is 5. The van der Waals surface area contributed by atoms with Crippen LogP contribution < -0.4 is 5.32 Å². The van der Waals surface area contributed by atoms with Gasteiger partial charge in [-0.05, 0) is 49.2 Å². The zero-order chi connectivity index (χ0) is 21.8. The molecule has 0 unspecified atom stereocenters. The zero-order valence-corrected chi connectivity index (χ0v) is 17.3. The molecule has 0 fully saturated rings. The average Bonchev–Trinajstić information content (AvgIpc) is 3.23. The first-order valence-corrected chi connectivity index (χ1v) is 9.92. The molecular formula is C24H22FN5O. The van der Waals surface area contributed by atoms with Crippen LogP contribution in [0.3, 0.4) is 0 Å². The number of hydrogen-bond donors (Lipinski definition) is 1. The van der Waals surface area contributed by atoms with Gasteiger partial charge in [0.05, 0.1) is 5.41 Å². The van der Waals surface area contributed by atoms with Crippen LogP contribution >= 0.6 is 0 Å². The summed E-state index contributed by atoms with van der Waals surface area (Å²) in [5.41, 5.74) is 1.46. The topological polar surface area (TPSA) is 72.7 Å². The van der Waals surface area contributed by atoms with Crippen molar-refractivity contribution < 1.29 is 9.18 Å². The number of pyridine rings is 1. The van der Waals surface area contributed by atoms with Gasteiger partial charge in [-0.2, -0.15) is 9.67 Å². The van der Waals surface area contributed by atoms with Crippen LogP contribution in [0.5, 0.6) is 0 Å². The summed E-state index contributed by atoms with van der Waals surface area (Å²) in [7, 11) is 0. The van der Waals surface area contributed by atoms with E-state index in [2.05, 4.69) is 20.4 Å². The molecule has 1 N–H and O–H groups in total. The summed E-state index contributed by atoms with van der Waals surface area (Å²) in [5, 5.41) is 7.63. The normalized spacial score (nSPS) is 11.3. The summed E-state index contributed by atoms with van der Waals surface area (Å²) in [6.07, 6.45) is 1.65. The van der Waals surface area contributed by atoms with Gasteiger partial charge in [0.1, 0.15) is 11.5 Å². The highest BCUT2D eigenvalue weighted by molar-refractivity contribution is 5.91. The van der Waals surface area contributed by atoms with Crippen molar-refractivity contribution in [1.82, 2.24) is 19.7 Å². The largest absolute Gasteiger partial charge is 0.350 e. The fraction of sp³-hybridized carbons (Fsp3) is 0.167. The Balaban J connectivity index is 1.70. The van der Waals surface area contributed by atoms with E-state index in [1.807, 2.05) is 50.2 Å². The molecule has 2 aromatic carbocycles. The van der Waals surface area contributed by atoms with E-state index < -0.39 is 5.41 Å². The Morgan fingerprint density at radius 2 is 1.71 bits per heavy atom. The fourth-order valence-electron chi connectivity index (χ4n) is 3.20. The van der Waals surface area contributed by atoms with Crippen molar-refractivity contribution >= 4 is 11.9 Å². The summed E-state index contributed by atoms with van der Waals surface area (Å²) in [5.74, 6) is 0.123. The SMILES string of the molecule is CC(C)(C(=O)n1nc(-c2ccccn2)nc1NCc1ccc(F)cc1)c1ccccc1. The number of carbonyl (C=O) groups excluding carboxylic acids is 1. The van der Waals surface area contributed by atoms with Crippen LogP contribution in [0.1, 0.15) is 29.8 Å². The molecule has 4 aromatic rings. The monoisotopic (exact) mass is 415 g/mol. The lowest BCUT2D eigenvalue weighted by molar-refractivity contribution is 0.0807. The lowest BCUT2D eigenvalue weighted by Crippen LogP contribution is -2.35. The molecule has 0 aliphatic rings. The number of carbonyl (C=O) groups is 1. The molecule has 2 heterocycles. The highest BCUT2D eigenvalue weighted by Crippen LogP contribution is 2.27. The minimum absolute atomic E-state index is 0.227. The Bertz CT molecular complexity index is 1170. The maximum absolute atomic E-state index is 13.5. The van der Waals surface area contributed by atoms with Gasteiger partial charge >= 0.3 is 0 Å². The number of nitrogens with zero attached hydrogens (tertiary/aromatic N) is 4. The van der Waals surface area contributed by atoms with Gasteiger partial charge in [0, 0.05) is 12.7 Å². The molecule has 0 bridgehead atoms. The van der Waals surface area contributed by atoms with Crippen LogP contribution in [-0.2, 0) is 12.0 Å². The molecule has 7 heteroatoms. The second kappa shape index (κ2) is 8.47. The molecule has 0 aliphatic carbocycles. The van der Waals surface area contributed by atoms with Gasteiger partial charge < -0.3 is 5.32 Å². The van der Waals surface area contributed by atoms with Crippen molar-refractivity contribution in [2.45, 2.75) is 25.8 Å². The van der Waals surface area contributed by atoms with Crippen molar-refractivity contribution in [3.63, 3.8) is 0 Å². The molecule has 0 amide bonds.